The van der Waals surface area contributed by atoms with Crippen LogP contribution < -0.4 is 5.32 Å². The summed E-state index contributed by atoms with van der Waals surface area (Å²) in [6.45, 7) is 5.16. The molecule has 0 amide bonds. The number of hydrogen-bond acceptors (Lipinski definition) is 4. The van der Waals surface area contributed by atoms with Gasteiger partial charge in [-0.3, -0.25) is 0 Å². The summed E-state index contributed by atoms with van der Waals surface area (Å²) in [5.41, 5.74) is 0.950. The van der Waals surface area contributed by atoms with Gasteiger partial charge in [-0.1, -0.05) is 13.3 Å². The highest BCUT2D eigenvalue weighted by molar-refractivity contribution is 7.09. The third-order valence-electron chi connectivity index (χ3n) is 3.34. The van der Waals surface area contributed by atoms with Gasteiger partial charge in [0, 0.05) is 23.4 Å². The van der Waals surface area contributed by atoms with E-state index in [1.54, 1.807) is 11.3 Å². The highest BCUT2D eigenvalue weighted by Gasteiger charge is 2.27. The van der Waals surface area contributed by atoms with Crippen LogP contribution in [-0.2, 0) is 6.54 Å². The standard InChI is InChI=1S/C13H22N2OS/c1-3-6-13(2,9-16)14-7-11-8-17-12(15-11)10-4-5-10/h8,10,14,16H,3-7,9H2,1-2H3. The first kappa shape index (κ1) is 13.0. The predicted octanol–water partition coefficient (Wildman–Crippen LogP) is 2.66. The van der Waals surface area contributed by atoms with E-state index >= 15 is 0 Å². The Hall–Kier alpha value is -0.450. The minimum Gasteiger partial charge on any atom is -0.394 e. The van der Waals surface area contributed by atoms with E-state index in [1.807, 2.05) is 0 Å². The Balaban J connectivity index is 1.86. The number of aliphatic hydroxyl groups is 1. The van der Waals surface area contributed by atoms with Gasteiger partial charge in [0.25, 0.3) is 0 Å². The number of rotatable bonds is 7. The number of nitrogens with zero attached hydrogens (tertiary/aromatic N) is 1. The van der Waals surface area contributed by atoms with Gasteiger partial charge in [0.1, 0.15) is 0 Å². The molecule has 0 aliphatic heterocycles. The summed E-state index contributed by atoms with van der Waals surface area (Å²) in [6.07, 6.45) is 4.69. The molecule has 1 aliphatic carbocycles. The van der Waals surface area contributed by atoms with Crippen LogP contribution in [0.15, 0.2) is 5.38 Å². The first-order valence-electron chi connectivity index (χ1n) is 6.47. The molecule has 1 saturated carbocycles. The molecule has 0 saturated heterocycles. The second-order valence-electron chi connectivity index (χ2n) is 5.27. The van der Waals surface area contributed by atoms with Crippen molar-refractivity contribution in [2.75, 3.05) is 6.61 Å². The lowest BCUT2D eigenvalue weighted by Crippen LogP contribution is -2.45. The molecule has 2 N–H and O–H groups in total. The summed E-state index contributed by atoms with van der Waals surface area (Å²) >= 11 is 1.78. The Bertz CT molecular complexity index is 362. The summed E-state index contributed by atoms with van der Waals surface area (Å²) in [6, 6.07) is 0. The fourth-order valence-electron chi connectivity index (χ4n) is 2.00. The van der Waals surface area contributed by atoms with Crippen molar-refractivity contribution in [3.8, 4) is 0 Å². The molecule has 0 aromatic carbocycles. The van der Waals surface area contributed by atoms with Gasteiger partial charge >= 0.3 is 0 Å². The topological polar surface area (TPSA) is 45.1 Å². The second-order valence-corrected chi connectivity index (χ2v) is 6.16. The first-order valence-corrected chi connectivity index (χ1v) is 7.35. The predicted molar refractivity (Wildman–Crippen MR) is 71.3 cm³/mol. The van der Waals surface area contributed by atoms with Crippen LogP contribution in [0.2, 0.25) is 0 Å². The number of aromatic nitrogens is 1. The fourth-order valence-corrected chi connectivity index (χ4v) is 2.99. The van der Waals surface area contributed by atoms with Crippen LogP contribution in [-0.4, -0.2) is 22.2 Å². The van der Waals surface area contributed by atoms with E-state index in [0.717, 1.165) is 31.0 Å². The molecule has 1 unspecified atom stereocenters. The van der Waals surface area contributed by atoms with Crippen molar-refractivity contribution in [3.63, 3.8) is 0 Å². The first-order chi connectivity index (χ1) is 8.17. The molecule has 0 spiro atoms. The highest BCUT2D eigenvalue weighted by Crippen LogP contribution is 2.41. The lowest BCUT2D eigenvalue weighted by atomic mass is 9.97. The molecule has 3 nitrogen and oxygen atoms in total. The van der Waals surface area contributed by atoms with Crippen molar-refractivity contribution in [2.24, 2.45) is 0 Å². The van der Waals surface area contributed by atoms with Gasteiger partial charge in [0.15, 0.2) is 0 Å². The molecule has 0 radical (unpaired) electrons. The number of hydrogen-bond donors (Lipinski definition) is 2. The summed E-state index contributed by atoms with van der Waals surface area (Å²) in [4.78, 5) is 4.64. The highest BCUT2D eigenvalue weighted by atomic mass is 32.1. The quantitative estimate of drug-likeness (QED) is 0.786. The molecule has 1 aliphatic rings. The maximum Gasteiger partial charge on any atom is 0.0959 e. The fraction of sp³-hybridized carbons (Fsp3) is 0.769. The Kier molecular flexibility index (Phi) is 4.17. The van der Waals surface area contributed by atoms with Crippen molar-refractivity contribution in [1.82, 2.24) is 10.3 Å². The zero-order valence-electron chi connectivity index (χ0n) is 10.7. The minimum absolute atomic E-state index is 0.169. The monoisotopic (exact) mass is 254 g/mol. The van der Waals surface area contributed by atoms with Crippen LogP contribution in [0.4, 0.5) is 0 Å². The van der Waals surface area contributed by atoms with Gasteiger partial charge in [0.05, 0.1) is 17.3 Å². The molecule has 0 bridgehead atoms. The normalized spacial score (nSPS) is 19.2. The van der Waals surface area contributed by atoms with Gasteiger partial charge < -0.3 is 10.4 Å². The van der Waals surface area contributed by atoms with Crippen molar-refractivity contribution in [3.05, 3.63) is 16.1 Å². The Morgan fingerprint density at radius 3 is 2.94 bits per heavy atom. The number of aliphatic hydroxyl groups excluding tert-OH is 1. The average Bonchev–Trinajstić information content (AvgIpc) is 3.07. The van der Waals surface area contributed by atoms with E-state index in [4.69, 9.17) is 0 Å². The third-order valence-corrected chi connectivity index (χ3v) is 4.40. The number of nitrogens with one attached hydrogen (secondary N) is 1. The van der Waals surface area contributed by atoms with Gasteiger partial charge in [-0.15, -0.1) is 11.3 Å². The largest absolute Gasteiger partial charge is 0.394 e. The Morgan fingerprint density at radius 2 is 2.35 bits per heavy atom. The smallest absolute Gasteiger partial charge is 0.0959 e. The van der Waals surface area contributed by atoms with Crippen molar-refractivity contribution in [1.29, 1.82) is 0 Å². The zero-order valence-corrected chi connectivity index (χ0v) is 11.5. The van der Waals surface area contributed by atoms with Crippen molar-refractivity contribution < 1.29 is 5.11 Å². The van der Waals surface area contributed by atoms with Crippen LogP contribution >= 0.6 is 11.3 Å². The van der Waals surface area contributed by atoms with E-state index in [1.165, 1.54) is 17.8 Å². The molecule has 17 heavy (non-hydrogen) atoms. The Morgan fingerprint density at radius 1 is 1.59 bits per heavy atom. The van der Waals surface area contributed by atoms with Gasteiger partial charge in [-0.25, -0.2) is 4.98 Å². The molecule has 2 rings (SSSR count). The number of thiazole rings is 1. The van der Waals surface area contributed by atoms with E-state index in [2.05, 4.69) is 29.5 Å². The maximum absolute atomic E-state index is 9.42. The van der Waals surface area contributed by atoms with Gasteiger partial charge in [-0.2, -0.15) is 0 Å². The minimum atomic E-state index is -0.169. The molecule has 1 aromatic rings. The summed E-state index contributed by atoms with van der Waals surface area (Å²) < 4.78 is 0. The molecule has 96 valence electrons. The molecular weight excluding hydrogens is 232 g/mol. The van der Waals surface area contributed by atoms with Crippen LogP contribution in [0.3, 0.4) is 0 Å². The zero-order chi connectivity index (χ0) is 12.3. The van der Waals surface area contributed by atoms with Crippen LogP contribution in [0.5, 0.6) is 0 Å². The SMILES string of the molecule is CCCC(C)(CO)NCc1csc(C2CC2)n1. The second kappa shape index (κ2) is 5.46. The van der Waals surface area contributed by atoms with Gasteiger partial charge in [0.2, 0.25) is 0 Å². The lowest BCUT2D eigenvalue weighted by Gasteiger charge is -2.28. The van der Waals surface area contributed by atoms with Crippen LogP contribution in [0.25, 0.3) is 0 Å². The average molecular weight is 254 g/mol. The summed E-state index contributed by atoms with van der Waals surface area (Å²) in [7, 11) is 0. The van der Waals surface area contributed by atoms with E-state index < -0.39 is 0 Å². The van der Waals surface area contributed by atoms with Crippen LogP contribution in [0, 0.1) is 0 Å². The van der Waals surface area contributed by atoms with Crippen molar-refractivity contribution >= 4 is 11.3 Å². The van der Waals surface area contributed by atoms with E-state index in [9.17, 15) is 5.11 Å². The summed E-state index contributed by atoms with van der Waals surface area (Å²) in [5.74, 6) is 0.744. The lowest BCUT2D eigenvalue weighted by molar-refractivity contribution is 0.163. The van der Waals surface area contributed by atoms with Gasteiger partial charge in [-0.05, 0) is 26.2 Å². The van der Waals surface area contributed by atoms with E-state index in [-0.39, 0.29) is 12.1 Å². The molecule has 1 atom stereocenters. The molecule has 1 heterocycles. The summed E-state index contributed by atoms with van der Waals surface area (Å²) in [5, 5.41) is 16.3. The third kappa shape index (κ3) is 3.50. The molecular formula is C13H22N2OS. The molecule has 1 fully saturated rings. The molecule has 4 heteroatoms. The molecule has 1 aromatic heterocycles. The Labute approximate surface area is 107 Å². The maximum atomic E-state index is 9.42. The van der Waals surface area contributed by atoms with Crippen LogP contribution in [0.1, 0.15) is 56.2 Å². The van der Waals surface area contributed by atoms with E-state index in [0.29, 0.717) is 0 Å². The van der Waals surface area contributed by atoms with Crippen molar-refractivity contribution in [2.45, 2.75) is 57.5 Å².